The summed E-state index contributed by atoms with van der Waals surface area (Å²) >= 11 is 6.20. The quantitative estimate of drug-likeness (QED) is 0.803. The Bertz CT molecular complexity index is 601. The van der Waals surface area contributed by atoms with E-state index in [0.717, 1.165) is 11.3 Å². The van der Waals surface area contributed by atoms with E-state index in [1.807, 2.05) is 6.92 Å². The van der Waals surface area contributed by atoms with E-state index in [0.29, 0.717) is 5.15 Å². The molecule has 0 bridgehead atoms. The molecule has 1 aliphatic rings. The minimum Gasteiger partial charge on any atom is -0.298 e. The van der Waals surface area contributed by atoms with Gasteiger partial charge in [0.2, 0.25) is 0 Å². The molecule has 0 aromatic carbocycles. The van der Waals surface area contributed by atoms with Crippen LogP contribution < -0.4 is 0 Å². The van der Waals surface area contributed by atoms with Gasteiger partial charge < -0.3 is 0 Å². The SMILES string of the molecule is Cc1nn(C)c(Cl)c1C1CC(=O)C(C(=O)C(C)C)C(=O)C1. The van der Waals surface area contributed by atoms with Crippen LogP contribution in [0.4, 0.5) is 0 Å². The predicted molar refractivity (Wildman–Crippen MR) is 78.3 cm³/mol. The van der Waals surface area contributed by atoms with Crippen molar-refractivity contribution in [1.82, 2.24) is 9.78 Å². The van der Waals surface area contributed by atoms with Crippen molar-refractivity contribution in [2.24, 2.45) is 18.9 Å². The molecule has 5 nitrogen and oxygen atoms in total. The second-order valence-corrected chi connectivity index (χ2v) is 6.30. The first-order valence-corrected chi connectivity index (χ1v) is 7.40. The van der Waals surface area contributed by atoms with E-state index >= 15 is 0 Å². The summed E-state index contributed by atoms with van der Waals surface area (Å²) in [4.78, 5) is 36.5. The van der Waals surface area contributed by atoms with E-state index in [9.17, 15) is 14.4 Å². The Kier molecular flexibility index (Phi) is 4.33. The molecule has 0 N–H and O–H groups in total. The molecule has 1 aromatic rings. The monoisotopic (exact) mass is 310 g/mol. The molecule has 0 unspecified atom stereocenters. The van der Waals surface area contributed by atoms with Gasteiger partial charge in [-0.25, -0.2) is 0 Å². The Balaban J connectivity index is 2.29. The molecule has 6 heteroatoms. The van der Waals surface area contributed by atoms with Crippen LogP contribution in [0.5, 0.6) is 0 Å². The number of aromatic nitrogens is 2. The summed E-state index contributed by atoms with van der Waals surface area (Å²) in [7, 11) is 1.72. The van der Waals surface area contributed by atoms with E-state index < -0.39 is 5.92 Å². The van der Waals surface area contributed by atoms with Gasteiger partial charge in [0, 0.05) is 37.3 Å². The lowest BCUT2D eigenvalue weighted by molar-refractivity contribution is -0.143. The van der Waals surface area contributed by atoms with Gasteiger partial charge in [-0.3, -0.25) is 19.1 Å². The zero-order chi connectivity index (χ0) is 15.9. The number of carbonyl (C=O) groups is 3. The lowest BCUT2D eigenvalue weighted by Crippen LogP contribution is -2.40. The van der Waals surface area contributed by atoms with Crippen molar-refractivity contribution < 1.29 is 14.4 Å². The van der Waals surface area contributed by atoms with Crippen molar-refractivity contribution >= 4 is 29.0 Å². The van der Waals surface area contributed by atoms with Gasteiger partial charge in [-0.2, -0.15) is 5.10 Å². The highest BCUT2D eigenvalue weighted by molar-refractivity contribution is 6.30. The fourth-order valence-electron chi connectivity index (χ4n) is 2.94. The van der Waals surface area contributed by atoms with Crippen molar-refractivity contribution in [2.75, 3.05) is 0 Å². The number of rotatable bonds is 3. The molecule has 1 saturated carbocycles. The molecule has 2 rings (SSSR count). The van der Waals surface area contributed by atoms with Crippen LogP contribution in [0.15, 0.2) is 0 Å². The van der Waals surface area contributed by atoms with E-state index in [2.05, 4.69) is 5.10 Å². The maximum absolute atomic E-state index is 12.3. The molecule has 1 fully saturated rings. The highest BCUT2D eigenvalue weighted by Gasteiger charge is 2.42. The molecular formula is C15H19ClN2O3. The van der Waals surface area contributed by atoms with Gasteiger partial charge in [-0.05, 0) is 6.92 Å². The molecule has 1 aliphatic carbocycles. The molecule has 0 aliphatic heterocycles. The third kappa shape index (κ3) is 2.79. The molecule has 0 saturated heterocycles. The summed E-state index contributed by atoms with van der Waals surface area (Å²) in [6.45, 7) is 5.22. The standard InChI is InChI=1S/C15H19ClN2O3/c1-7(2)14(21)13-10(19)5-9(6-11(13)20)12-8(3)17-18(4)15(12)16/h7,9,13H,5-6H2,1-4H3. The highest BCUT2D eigenvalue weighted by Crippen LogP contribution is 2.37. The van der Waals surface area contributed by atoms with Crippen LogP contribution in [-0.2, 0) is 21.4 Å². The Morgan fingerprint density at radius 2 is 1.81 bits per heavy atom. The smallest absolute Gasteiger partial charge is 0.153 e. The van der Waals surface area contributed by atoms with Gasteiger partial charge in [-0.15, -0.1) is 0 Å². The second kappa shape index (κ2) is 5.72. The van der Waals surface area contributed by atoms with E-state index in [1.54, 1.807) is 20.9 Å². The fraction of sp³-hybridized carbons (Fsp3) is 0.600. The number of hydrogen-bond donors (Lipinski definition) is 0. The maximum atomic E-state index is 12.3. The second-order valence-electron chi connectivity index (χ2n) is 5.94. The van der Waals surface area contributed by atoms with Crippen molar-refractivity contribution in [3.8, 4) is 0 Å². The zero-order valence-corrected chi connectivity index (χ0v) is 13.4. The molecule has 0 atom stereocenters. The molecule has 0 spiro atoms. The van der Waals surface area contributed by atoms with Crippen LogP contribution in [0.2, 0.25) is 5.15 Å². The van der Waals surface area contributed by atoms with Crippen molar-refractivity contribution in [1.29, 1.82) is 0 Å². The lowest BCUT2D eigenvalue weighted by Gasteiger charge is -2.26. The van der Waals surface area contributed by atoms with E-state index in [4.69, 9.17) is 11.6 Å². The zero-order valence-electron chi connectivity index (χ0n) is 12.6. The Labute approximate surface area is 128 Å². The van der Waals surface area contributed by atoms with Gasteiger partial charge in [-0.1, -0.05) is 25.4 Å². The summed E-state index contributed by atoms with van der Waals surface area (Å²) in [5, 5.41) is 4.66. The highest BCUT2D eigenvalue weighted by atomic mass is 35.5. The summed E-state index contributed by atoms with van der Waals surface area (Å²) in [5.41, 5.74) is 1.47. The van der Waals surface area contributed by atoms with Gasteiger partial charge in [0.25, 0.3) is 0 Å². The van der Waals surface area contributed by atoms with Crippen molar-refractivity contribution in [3.63, 3.8) is 0 Å². The Morgan fingerprint density at radius 3 is 2.19 bits per heavy atom. The van der Waals surface area contributed by atoms with Gasteiger partial charge in [0.05, 0.1) is 5.69 Å². The number of ketones is 3. The molecule has 0 radical (unpaired) electrons. The summed E-state index contributed by atoms with van der Waals surface area (Å²) < 4.78 is 1.53. The van der Waals surface area contributed by atoms with Crippen LogP contribution in [-0.4, -0.2) is 27.1 Å². The van der Waals surface area contributed by atoms with Crippen molar-refractivity contribution in [3.05, 3.63) is 16.4 Å². The average molecular weight is 311 g/mol. The number of Topliss-reactive ketones (excluding diaryl/α,β-unsaturated/α-hetero) is 3. The van der Waals surface area contributed by atoms with Crippen LogP contribution in [0.1, 0.15) is 43.9 Å². The minimum atomic E-state index is -1.09. The molecular weight excluding hydrogens is 292 g/mol. The first-order valence-electron chi connectivity index (χ1n) is 7.02. The molecule has 1 aromatic heterocycles. The van der Waals surface area contributed by atoms with Gasteiger partial charge in [0.1, 0.15) is 11.1 Å². The van der Waals surface area contributed by atoms with E-state index in [1.165, 1.54) is 4.68 Å². The molecule has 114 valence electrons. The van der Waals surface area contributed by atoms with Crippen LogP contribution in [0.25, 0.3) is 0 Å². The van der Waals surface area contributed by atoms with Crippen LogP contribution >= 0.6 is 11.6 Å². The molecule has 21 heavy (non-hydrogen) atoms. The van der Waals surface area contributed by atoms with Gasteiger partial charge in [0.15, 0.2) is 17.3 Å². The lowest BCUT2D eigenvalue weighted by atomic mass is 9.74. The number of carbonyl (C=O) groups excluding carboxylic acids is 3. The fourth-order valence-corrected chi connectivity index (χ4v) is 3.27. The third-order valence-corrected chi connectivity index (χ3v) is 4.45. The molecule has 1 heterocycles. The summed E-state index contributed by atoms with van der Waals surface area (Å²) in [6.07, 6.45) is 0.336. The Morgan fingerprint density at radius 1 is 1.29 bits per heavy atom. The van der Waals surface area contributed by atoms with Crippen LogP contribution in [0, 0.1) is 18.8 Å². The van der Waals surface area contributed by atoms with Crippen molar-refractivity contribution in [2.45, 2.75) is 39.5 Å². The average Bonchev–Trinajstić information content (AvgIpc) is 2.61. The summed E-state index contributed by atoms with van der Waals surface area (Å²) in [6, 6.07) is 0. The summed E-state index contributed by atoms with van der Waals surface area (Å²) in [5.74, 6) is -2.55. The van der Waals surface area contributed by atoms with E-state index in [-0.39, 0.29) is 42.0 Å². The normalized spacial score (nSPS) is 23.0. The number of aryl methyl sites for hydroxylation is 2. The predicted octanol–water partition coefficient (Wildman–Crippen LogP) is 2.24. The minimum absolute atomic E-state index is 0.168. The number of halogens is 1. The molecule has 0 amide bonds. The maximum Gasteiger partial charge on any atom is 0.153 e. The first-order chi connectivity index (χ1) is 9.73. The Hall–Kier alpha value is -1.49. The van der Waals surface area contributed by atoms with Gasteiger partial charge >= 0.3 is 0 Å². The number of hydrogen-bond acceptors (Lipinski definition) is 4. The first kappa shape index (κ1) is 15.9. The number of nitrogens with zero attached hydrogens (tertiary/aromatic N) is 2. The third-order valence-electron chi connectivity index (χ3n) is 4.00. The largest absolute Gasteiger partial charge is 0.298 e. The topological polar surface area (TPSA) is 69.0 Å². The van der Waals surface area contributed by atoms with Crippen LogP contribution in [0.3, 0.4) is 0 Å².